The van der Waals surface area contributed by atoms with E-state index in [9.17, 15) is 9.59 Å². The number of hydrogen-bond donors (Lipinski definition) is 2. The third kappa shape index (κ3) is 3.44. The van der Waals surface area contributed by atoms with Crippen LogP contribution in [0.3, 0.4) is 0 Å². The molecule has 2 heterocycles. The Morgan fingerprint density at radius 1 is 1.50 bits per heavy atom. The molecule has 0 aromatic carbocycles. The quantitative estimate of drug-likeness (QED) is 0.783. The van der Waals surface area contributed by atoms with Gasteiger partial charge >= 0.3 is 5.97 Å². The Balaban J connectivity index is 1.88. The zero-order valence-electron chi connectivity index (χ0n) is 10.9. The van der Waals surface area contributed by atoms with E-state index in [1.165, 1.54) is 4.57 Å². The van der Waals surface area contributed by atoms with Gasteiger partial charge < -0.3 is 19.5 Å². The topological polar surface area (TPSA) is 110 Å². The second kappa shape index (κ2) is 6.00. The van der Waals surface area contributed by atoms with Crippen molar-refractivity contribution in [2.75, 3.05) is 6.54 Å². The predicted octanol–water partition coefficient (Wildman–Crippen LogP) is 0.237. The van der Waals surface area contributed by atoms with E-state index in [-0.39, 0.29) is 12.5 Å². The van der Waals surface area contributed by atoms with Crippen LogP contribution in [0.5, 0.6) is 0 Å². The predicted molar refractivity (Wildman–Crippen MR) is 67.1 cm³/mol. The molecule has 8 nitrogen and oxygen atoms in total. The summed E-state index contributed by atoms with van der Waals surface area (Å²) in [7, 11) is 0. The van der Waals surface area contributed by atoms with Gasteiger partial charge in [-0.3, -0.25) is 9.59 Å². The fourth-order valence-electron chi connectivity index (χ4n) is 1.73. The smallest absolute Gasteiger partial charge is 0.323 e. The summed E-state index contributed by atoms with van der Waals surface area (Å²) in [5, 5.41) is 15.1. The molecule has 20 heavy (non-hydrogen) atoms. The average Bonchev–Trinajstić information content (AvgIpc) is 2.98. The molecule has 0 saturated heterocycles. The van der Waals surface area contributed by atoms with Crippen LogP contribution in [0.1, 0.15) is 22.2 Å². The number of aryl methyl sites for hydroxylation is 1. The summed E-state index contributed by atoms with van der Waals surface area (Å²) < 4.78 is 6.19. The lowest BCUT2D eigenvalue weighted by atomic mass is 10.3. The van der Waals surface area contributed by atoms with Crippen molar-refractivity contribution in [1.29, 1.82) is 0 Å². The number of carboxylic acids is 1. The summed E-state index contributed by atoms with van der Waals surface area (Å²) in [6.07, 6.45) is 1.99. The van der Waals surface area contributed by atoms with Crippen molar-refractivity contribution in [2.24, 2.45) is 0 Å². The van der Waals surface area contributed by atoms with E-state index in [1.54, 1.807) is 25.3 Å². The number of nitrogens with one attached hydrogen (secondary N) is 1. The molecule has 1 amide bonds. The number of amides is 1. The second-order valence-corrected chi connectivity index (χ2v) is 4.15. The number of carbonyl (C=O) groups excluding carboxylic acids is 1. The van der Waals surface area contributed by atoms with Gasteiger partial charge in [-0.1, -0.05) is 5.16 Å². The fourth-order valence-corrected chi connectivity index (χ4v) is 1.73. The van der Waals surface area contributed by atoms with Crippen LogP contribution >= 0.6 is 0 Å². The molecule has 0 spiro atoms. The molecule has 2 aromatic rings. The molecule has 0 radical (unpaired) electrons. The Hall–Kier alpha value is -2.64. The summed E-state index contributed by atoms with van der Waals surface area (Å²) in [6.45, 7) is 1.78. The first kappa shape index (κ1) is 13.8. The van der Waals surface area contributed by atoms with Crippen molar-refractivity contribution in [3.05, 3.63) is 35.7 Å². The number of nitrogens with zero attached hydrogens (tertiary/aromatic N) is 3. The van der Waals surface area contributed by atoms with Gasteiger partial charge in [0, 0.05) is 26.1 Å². The minimum absolute atomic E-state index is 0.250. The van der Waals surface area contributed by atoms with Gasteiger partial charge in [0.15, 0.2) is 5.82 Å². The number of carboxylic acid groups (broad SMARTS) is 1. The van der Waals surface area contributed by atoms with E-state index in [1.807, 2.05) is 0 Å². The van der Waals surface area contributed by atoms with Crippen LogP contribution in [0, 0.1) is 6.92 Å². The largest absolute Gasteiger partial charge is 0.480 e. The first-order chi connectivity index (χ1) is 9.56. The van der Waals surface area contributed by atoms with Crippen LogP contribution in [0.2, 0.25) is 0 Å². The molecule has 0 saturated carbocycles. The Morgan fingerprint density at radius 2 is 2.30 bits per heavy atom. The van der Waals surface area contributed by atoms with Crippen LogP contribution in [0.25, 0.3) is 0 Å². The monoisotopic (exact) mass is 278 g/mol. The van der Waals surface area contributed by atoms with E-state index < -0.39 is 5.97 Å². The van der Waals surface area contributed by atoms with Crippen molar-refractivity contribution in [1.82, 2.24) is 20.0 Å². The lowest BCUT2D eigenvalue weighted by molar-refractivity contribution is -0.137. The normalized spacial score (nSPS) is 10.4. The Morgan fingerprint density at radius 3 is 2.95 bits per heavy atom. The van der Waals surface area contributed by atoms with Gasteiger partial charge in [-0.2, -0.15) is 4.98 Å². The van der Waals surface area contributed by atoms with E-state index in [4.69, 9.17) is 9.63 Å². The fraction of sp³-hybridized carbons (Fsp3) is 0.333. The lowest BCUT2D eigenvalue weighted by Gasteiger charge is -2.06. The highest BCUT2D eigenvalue weighted by Crippen LogP contribution is 2.02. The molecule has 0 bridgehead atoms. The minimum Gasteiger partial charge on any atom is -0.480 e. The molecule has 0 unspecified atom stereocenters. The van der Waals surface area contributed by atoms with E-state index in [0.29, 0.717) is 30.4 Å². The van der Waals surface area contributed by atoms with E-state index >= 15 is 0 Å². The van der Waals surface area contributed by atoms with Crippen molar-refractivity contribution >= 4 is 11.9 Å². The number of rotatable bonds is 6. The molecule has 0 fully saturated rings. The van der Waals surface area contributed by atoms with Crippen molar-refractivity contribution in [2.45, 2.75) is 19.9 Å². The SMILES string of the molecule is Cc1nc(CCNC(=O)c2cccn2CC(=O)O)no1. The van der Waals surface area contributed by atoms with Crippen molar-refractivity contribution in [3.63, 3.8) is 0 Å². The Bertz CT molecular complexity index is 617. The highest BCUT2D eigenvalue weighted by Gasteiger charge is 2.12. The summed E-state index contributed by atoms with van der Waals surface area (Å²) in [5.74, 6) is -0.348. The molecule has 8 heteroatoms. The number of aliphatic carboxylic acids is 1. The molecule has 106 valence electrons. The third-order valence-electron chi connectivity index (χ3n) is 2.57. The van der Waals surface area contributed by atoms with Crippen LogP contribution in [-0.2, 0) is 17.8 Å². The maximum atomic E-state index is 11.9. The number of carbonyl (C=O) groups is 2. The standard InChI is InChI=1S/C12H14N4O4/c1-8-14-10(15-20-8)4-5-13-12(19)9-3-2-6-16(9)7-11(17)18/h2-3,6H,4-5,7H2,1H3,(H,13,19)(H,17,18). The maximum absolute atomic E-state index is 11.9. The van der Waals surface area contributed by atoms with Crippen LogP contribution < -0.4 is 5.32 Å². The zero-order chi connectivity index (χ0) is 14.5. The summed E-state index contributed by atoms with van der Waals surface area (Å²) in [6, 6.07) is 3.19. The van der Waals surface area contributed by atoms with Crippen LogP contribution in [0.15, 0.2) is 22.9 Å². The van der Waals surface area contributed by atoms with Crippen molar-refractivity contribution < 1.29 is 19.2 Å². The molecule has 0 atom stereocenters. The van der Waals surface area contributed by atoms with Gasteiger partial charge in [0.2, 0.25) is 5.89 Å². The molecule has 0 aliphatic carbocycles. The van der Waals surface area contributed by atoms with Crippen LogP contribution in [0.4, 0.5) is 0 Å². The summed E-state index contributed by atoms with van der Waals surface area (Å²) in [5.41, 5.74) is 0.302. The van der Waals surface area contributed by atoms with Crippen molar-refractivity contribution in [3.8, 4) is 0 Å². The van der Waals surface area contributed by atoms with Gasteiger partial charge in [0.25, 0.3) is 5.91 Å². The van der Waals surface area contributed by atoms with Gasteiger partial charge in [0.1, 0.15) is 12.2 Å². The van der Waals surface area contributed by atoms with Gasteiger partial charge in [0.05, 0.1) is 0 Å². The molecule has 2 aromatic heterocycles. The lowest BCUT2D eigenvalue weighted by Crippen LogP contribution is -2.28. The highest BCUT2D eigenvalue weighted by atomic mass is 16.5. The zero-order valence-corrected chi connectivity index (χ0v) is 10.9. The summed E-state index contributed by atoms with van der Waals surface area (Å²) in [4.78, 5) is 26.6. The maximum Gasteiger partial charge on any atom is 0.323 e. The molecular formula is C12H14N4O4. The van der Waals surface area contributed by atoms with Gasteiger partial charge in [-0.05, 0) is 12.1 Å². The third-order valence-corrected chi connectivity index (χ3v) is 2.57. The second-order valence-electron chi connectivity index (χ2n) is 4.15. The van der Waals surface area contributed by atoms with Gasteiger partial charge in [-0.25, -0.2) is 0 Å². The molecule has 2 rings (SSSR count). The molecular weight excluding hydrogens is 264 g/mol. The molecule has 2 N–H and O–H groups in total. The Kier molecular flexibility index (Phi) is 4.14. The molecule has 0 aliphatic rings. The minimum atomic E-state index is -1.00. The van der Waals surface area contributed by atoms with Gasteiger partial charge in [-0.15, -0.1) is 0 Å². The first-order valence-corrected chi connectivity index (χ1v) is 6.00. The number of hydrogen-bond acceptors (Lipinski definition) is 5. The Labute approximate surface area is 114 Å². The number of aromatic nitrogens is 3. The highest BCUT2D eigenvalue weighted by molar-refractivity contribution is 5.93. The van der Waals surface area contributed by atoms with E-state index in [2.05, 4.69) is 15.5 Å². The molecule has 0 aliphatic heterocycles. The summed E-state index contributed by atoms with van der Waals surface area (Å²) >= 11 is 0. The first-order valence-electron chi connectivity index (χ1n) is 6.00. The van der Waals surface area contributed by atoms with E-state index in [0.717, 1.165) is 0 Å². The average molecular weight is 278 g/mol. The van der Waals surface area contributed by atoms with Crippen LogP contribution in [-0.4, -0.2) is 38.2 Å².